The summed E-state index contributed by atoms with van der Waals surface area (Å²) in [7, 11) is 3.73. The van der Waals surface area contributed by atoms with Gasteiger partial charge in [0.2, 0.25) is 0 Å². The number of nitrogens with one attached hydrogen (secondary N) is 1. The number of methoxy groups -OCH3 is 1. The molecule has 0 amide bonds. The predicted molar refractivity (Wildman–Crippen MR) is 69.0 cm³/mol. The summed E-state index contributed by atoms with van der Waals surface area (Å²) in [6.07, 6.45) is 1.02. The Morgan fingerprint density at radius 2 is 2.00 bits per heavy atom. The van der Waals surface area contributed by atoms with Crippen LogP contribution >= 0.6 is 0 Å². The van der Waals surface area contributed by atoms with Crippen LogP contribution in [-0.4, -0.2) is 20.2 Å². The Morgan fingerprint density at radius 1 is 1.31 bits per heavy atom. The Kier molecular flexibility index (Phi) is 4.36. The number of benzene rings is 1. The second-order valence-electron chi connectivity index (χ2n) is 5.26. The van der Waals surface area contributed by atoms with Crippen molar-refractivity contribution in [2.45, 2.75) is 33.2 Å². The largest absolute Gasteiger partial charge is 0.497 e. The second kappa shape index (κ2) is 5.35. The van der Waals surface area contributed by atoms with E-state index < -0.39 is 0 Å². The normalized spacial score (nSPS) is 13.6. The lowest BCUT2D eigenvalue weighted by molar-refractivity contribution is 0.279. The minimum atomic E-state index is 0.262. The molecule has 0 saturated heterocycles. The van der Waals surface area contributed by atoms with Crippen LogP contribution in [-0.2, 0) is 6.42 Å². The van der Waals surface area contributed by atoms with Gasteiger partial charge in [-0.15, -0.1) is 0 Å². The highest BCUT2D eigenvalue weighted by Crippen LogP contribution is 2.23. The van der Waals surface area contributed by atoms with Crippen molar-refractivity contribution < 1.29 is 4.74 Å². The molecule has 0 fully saturated rings. The van der Waals surface area contributed by atoms with E-state index in [1.807, 2.05) is 19.2 Å². The van der Waals surface area contributed by atoms with Gasteiger partial charge in [0.05, 0.1) is 7.11 Å². The molecule has 0 aliphatic heterocycles. The molecular formula is C14H23NO. The van der Waals surface area contributed by atoms with E-state index in [2.05, 4.69) is 38.2 Å². The van der Waals surface area contributed by atoms with Gasteiger partial charge in [0.1, 0.15) is 5.75 Å². The predicted octanol–water partition coefficient (Wildman–Crippen LogP) is 2.87. The number of ether oxygens (including phenoxy) is 1. The van der Waals surface area contributed by atoms with E-state index in [1.54, 1.807) is 7.11 Å². The van der Waals surface area contributed by atoms with E-state index in [1.165, 1.54) is 5.56 Å². The minimum Gasteiger partial charge on any atom is -0.497 e. The Labute approximate surface area is 99.0 Å². The molecule has 1 unspecified atom stereocenters. The zero-order valence-corrected chi connectivity index (χ0v) is 11.0. The zero-order valence-electron chi connectivity index (χ0n) is 11.0. The quantitative estimate of drug-likeness (QED) is 0.844. The van der Waals surface area contributed by atoms with E-state index in [4.69, 9.17) is 4.74 Å². The van der Waals surface area contributed by atoms with Crippen LogP contribution in [0.15, 0.2) is 24.3 Å². The smallest absolute Gasteiger partial charge is 0.119 e. The average molecular weight is 221 g/mol. The fraction of sp³-hybridized carbons (Fsp3) is 0.571. The molecule has 1 aromatic rings. The minimum absolute atomic E-state index is 0.262. The first-order valence-electron chi connectivity index (χ1n) is 5.77. The van der Waals surface area contributed by atoms with Crippen molar-refractivity contribution in [3.05, 3.63) is 29.8 Å². The number of hydrogen-bond acceptors (Lipinski definition) is 2. The maximum absolute atomic E-state index is 5.24. The van der Waals surface area contributed by atoms with E-state index in [0.717, 1.165) is 12.2 Å². The summed E-state index contributed by atoms with van der Waals surface area (Å²) in [5.41, 5.74) is 1.58. The average Bonchev–Trinajstić information content (AvgIpc) is 2.24. The third kappa shape index (κ3) is 3.53. The number of hydrogen-bond donors (Lipinski definition) is 1. The van der Waals surface area contributed by atoms with Gasteiger partial charge in [0.25, 0.3) is 0 Å². The summed E-state index contributed by atoms with van der Waals surface area (Å²) >= 11 is 0. The van der Waals surface area contributed by atoms with Crippen LogP contribution in [0.4, 0.5) is 0 Å². The highest BCUT2D eigenvalue weighted by atomic mass is 16.5. The topological polar surface area (TPSA) is 21.3 Å². The van der Waals surface area contributed by atoms with Gasteiger partial charge in [-0.1, -0.05) is 32.9 Å². The number of rotatable bonds is 4. The van der Waals surface area contributed by atoms with Crippen LogP contribution in [0.2, 0.25) is 0 Å². The summed E-state index contributed by atoms with van der Waals surface area (Å²) < 4.78 is 5.24. The highest BCUT2D eigenvalue weighted by molar-refractivity contribution is 5.29. The maximum atomic E-state index is 5.24. The molecule has 90 valence electrons. The maximum Gasteiger partial charge on any atom is 0.119 e. The molecule has 0 radical (unpaired) electrons. The molecule has 1 rings (SSSR count). The van der Waals surface area contributed by atoms with Gasteiger partial charge in [-0.25, -0.2) is 0 Å². The van der Waals surface area contributed by atoms with Crippen LogP contribution < -0.4 is 10.1 Å². The Bertz CT molecular complexity index is 328. The molecular weight excluding hydrogens is 198 g/mol. The van der Waals surface area contributed by atoms with Crippen LogP contribution in [0.5, 0.6) is 5.75 Å². The molecule has 0 aromatic heterocycles. The van der Waals surface area contributed by atoms with Crippen molar-refractivity contribution in [3.63, 3.8) is 0 Å². The molecule has 0 saturated carbocycles. The van der Waals surface area contributed by atoms with E-state index in [-0.39, 0.29) is 5.41 Å². The van der Waals surface area contributed by atoms with Crippen LogP contribution in [0.25, 0.3) is 0 Å². The summed E-state index contributed by atoms with van der Waals surface area (Å²) in [5.74, 6) is 0.932. The first-order valence-corrected chi connectivity index (χ1v) is 5.77. The van der Waals surface area contributed by atoms with Gasteiger partial charge < -0.3 is 10.1 Å². The molecule has 16 heavy (non-hydrogen) atoms. The van der Waals surface area contributed by atoms with Crippen molar-refractivity contribution >= 4 is 0 Å². The molecule has 0 heterocycles. The second-order valence-corrected chi connectivity index (χ2v) is 5.26. The molecule has 2 nitrogen and oxygen atoms in total. The first-order chi connectivity index (χ1) is 7.47. The Balaban J connectivity index is 2.78. The molecule has 1 atom stereocenters. The first kappa shape index (κ1) is 13.0. The molecule has 1 N–H and O–H groups in total. The summed E-state index contributed by atoms with van der Waals surface area (Å²) in [6.45, 7) is 6.77. The SMILES string of the molecule is CNC(Cc1cccc(OC)c1)C(C)(C)C. The zero-order chi connectivity index (χ0) is 12.2. The van der Waals surface area contributed by atoms with Gasteiger partial charge in [-0.3, -0.25) is 0 Å². The monoisotopic (exact) mass is 221 g/mol. The summed E-state index contributed by atoms with van der Waals surface area (Å²) in [4.78, 5) is 0. The number of likely N-dealkylation sites (N-methyl/N-ethyl adjacent to an activating group) is 1. The fourth-order valence-electron chi connectivity index (χ4n) is 1.88. The lowest BCUT2D eigenvalue weighted by atomic mass is 9.83. The van der Waals surface area contributed by atoms with Crippen molar-refractivity contribution in [2.24, 2.45) is 5.41 Å². The molecule has 0 spiro atoms. The van der Waals surface area contributed by atoms with Crippen molar-refractivity contribution in [1.82, 2.24) is 5.32 Å². The molecule has 1 aromatic carbocycles. The van der Waals surface area contributed by atoms with E-state index in [9.17, 15) is 0 Å². The standard InChI is InChI=1S/C14H23NO/c1-14(2,3)13(15-4)10-11-7-6-8-12(9-11)16-5/h6-9,13,15H,10H2,1-5H3. The lowest BCUT2D eigenvalue weighted by Crippen LogP contribution is -2.39. The van der Waals surface area contributed by atoms with Gasteiger partial charge in [0.15, 0.2) is 0 Å². The summed E-state index contributed by atoms with van der Waals surface area (Å²) in [5, 5.41) is 3.39. The van der Waals surface area contributed by atoms with Crippen molar-refractivity contribution in [3.8, 4) is 5.75 Å². The molecule has 2 heteroatoms. The van der Waals surface area contributed by atoms with Crippen molar-refractivity contribution in [2.75, 3.05) is 14.2 Å². The van der Waals surface area contributed by atoms with Gasteiger partial charge >= 0.3 is 0 Å². The molecule has 0 aliphatic carbocycles. The van der Waals surface area contributed by atoms with Crippen LogP contribution in [0, 0.1) is 5.41 Å². The lowest BCUT2D eigenvalue weighted by Gasteiger charge is -2.30. The molecule has 0 bridgehead atoms. The molecule has 0 aliphatic rings. The van der Waals surface area contributed by atoms with E-state index in [0.29, 0.717) is 6.04 Å². The van der Waals surface area contributed by atoms with Gasteiger partial charge in [-0.2, -0.15) is 0 Å². The van der Waals surface area contributed by atoms with E-state index >= 15 is 0 Å². The third-order valence-corrected chi connectivity index (χ3v) is 2.97. The van der Waals surface area contributed by atoms with Gasteiger partial charge in [0, 0.05) is 6.04 Å². The Morgan fingerprint density at radius 3 is 2.50 bits per heavy atom. The third-order valence-electron chi connectivity index (χ3n) is 2.97. The highest BCUT2D eigenvalue weighted by Gasteiger charge is 2.22. The van der Waals surface area contributed by atoms with Gasteiger partial charge in [-0.05, 0) is 36.6 Å². The van der Waals surface area contributed by atoms with Crippen molar-refractivity contribution in [1.29, 1.82) is 0 Å². The summed E-state index contributed by atoms with van der Waals surface area (Å²) in [6, 6.07) is 8.76. The fourth-order valence-corrected chi connectivity index (χ4v) is 1.88. The van der Waals surface area contributed by atoms with Crippen LogP contribution in [0.1, 0.15) is 26.3 Å². The van der Waals surface area contributed by atoms with Crippen LogP contribution in [0.3, 0.4) is 0 Å². The Hall–Kier alpha value is -1.02.